The van der Waals surface area contributed by atoms with Crippen LogP contribution in [0.4, 0.5) is 13.6 Å². The molecular weight excluding hydrogens is 230 g/mol. The molecule has 0 aliphatic carbocycles. The second kappa shape index (κ2) is 6.80. The highest BCUT2D eigenvalue weighted by Gasteiger charge is 2.18. The van der Waals surface area contributed by atoms with Crippen LogP contribution >= 0.6 is 0 Å². The van der Waals surface area contributed by atoms with Crippen LogP contribution < -0.4 is 5.48 Å². The normalized spacial score (nSPS) is 10.4. The molecule has 0 saturated heterocycles. The first kappa shape index (κ1) is 13.4. The molecule has 0 aromatic heterocycles. The number of hydrogen-bond acceptors (Lipinski definition) is 2. The number of alkyl halides is 2. The molecule has 0 aliphatic heterocycles. The fourth-order valence-electron chi connectivity index (χ4n) is 1.34. The minimum absolute atomic E-state index is 0.111. The summed E-state index contributed by atoms with van der Waals surface area (Å²) in [5.41, 5.74) is 2.80. The molecule has 1 aromatic rings. The van der Waals surface area contributed by atoms with E-state index in [0.717, 1.165) is 10.5 Å². The molecular formula is C11H14F2N2O2. The highest BCUT2D eigenvalue weighted by Crippen LogP contribution is 2.07. The predicted octanol–water partition coefficient (Wildman–Crippen LogP) is 2.02. The average Bonchev–Trinajstić information content (AvgIpc) is 2.29. The summed E-state index contributed by atoms with van der Waals surface area (Å²) in [5, 5.41) is 0. The van der Waals surface area contributed by atoms with Crippen LogP contribution in [0.15, 0.2) is 30.3 Å². The molecule has 17 heavy (non-hydrogen) atoms. The highest BCUT2D eigenvalue weighted by atomic mass is 19.3. The summed E-state index contributed by atoms with van der Waals surface area (Å²) in [6.45, 7) is -0.523. The topological polar surface area (TPSA) is 41.6 Å². The lowest BCUT2D eigenvalue weighted by Crippen LogP contribution is -2.41. The SMILES string of the molecule is CONC(=O)N(Cc1ccccc1)CC(F)F. The van der Waals surface area contributed by atoms with E-state index >= 15 is 0 Å². The molecule has 0 aliphatic rings. The molecule has 1 aromatic carbocycles. The van der Waals surface area contributed by atoms with Crippen LogP contribution in [-0.2, 0) is 11.4 Å². The van der Waals surface area contributed by atoms with Crippen molar-refractivity contribution in [1.82, 2.24) is 10.4 Å². The Bertz CT molecular complexity index is 347. The second-order valence-electron chi connectivity index (χ2n) is 3.37. The third-order valence-electron chi connectivity index (χ3n) is 2.05. The van der Waals surface area contributed by atoms with Crippen LogP contribution in [0.2, 0.25) is 0 Å². The lowest BCUT2D eigenvalue weighted by molar-refractivity contribution is 0.0600. The van der Waals surface area contributed by atoms with Gasteiger partial charge in [0, 0.05) is 6.54 Å². The lowest BCUT2D eigenvalue weighted by Gasteiger charge is -2.21. The second-order valence-corrected chi connectivity index (χ2v) is 3.37. The van der Waals surface area contributed by atoms with Crippen molar-refractivity contribution in [2.45, 2.75) is 13.0 Å². The Kier molecular flexibility index (Phi) is 5.35. The Hall–Kier alpha value is -1.69. The monoisotopic (exact) mass is 244 g/mol. The highest BCUT2D eigenvalue weighted by molar-refractivity contribution is 5.73. The number of amides is 2. The predicted molar refractivity (Wildman–Crippen MR) is 58.4 cm³/mol. The van der Waals surface area contributed by atoms with Crippen molar-refractivity contribution in [2.24, 2.45) is 0 Å². The third kappa shape index (κ3) is 4.78. The molecule has 0 fully saturated rings. The van der Waals surface area contributed by atoms with Gasteiger partial charge in [0.15, 0.2) is 0 Å². The van der Waals surface area contributed by atoms with Gasteiger partial charge in [0.25, 0.3) is 6.43 Å². The molecule has 1 N–H and O–H groups in total. The van der Waals surface area contributed by atoms with E-state index in [1.54, 1.807) is 24.3 Å². The Labute approximate surface area is 98.1 Å². The van der Waals surface area contributed by atoms with Gasteiger partial charge in [0.05, 0.1) is 13.7 Å². The van der Waals surface area contributed by atoms with Gasteiger partial charge in [0.1, 0.15) is 0 Å². The van der Waals surface area contributed by atoms with Crippen LogP contribution in [0.3, 0.4) is 0 Å². The zero-order valence-electron chi connectivity index (χ0n) is 9.40. The number of carbonyl (C=O) groups is 1. The van der Waals surface area contributed by atoms with Crippen molar-refractivity contribution in [3.8, 4) is 0 Å². The maximum Gasteiger partial charge on any atom is 0.341 e. The number of hydroxylamine groups is 1. The number of carbonyl (C=O) groups excluding carboxylic acids is 1. The summed E-state index contributed by atoms with van der Waals surface area (Å²) in [5.74, 6) is 0. The van der Waals surface area contributed by atoms with Gasteiger partial charge < -0.3 is 4.90 Å². The number of hydrogen-bond donors (Lipinski definition) is 1. The molecule has 2 amide bonds. The molecule has 0 saturated carbocycles. The fourth-order valence-corrected chi connectivity index (χ4v) is 1.34. The van der Waals surface area contributed by atoms with Gasteiger partial charge in [-0.05, 0) is 5.56 Å². The number of urea groups is 1. The molecule has 4 nitrogen and oxygen atoms in total. The summed E-state index contributed by atoms with van der Waals surface area (Å²) in [4.78, 5) is 16.8. The standard InChI is InChI=1S/C11H14F2N2O2/c1-17-14-11(16)15(8-10(12)13)7-9-5-3-2-4-6-9/h2-6,10H,7-8H2,1H3,(H,14,16). The maximum absolute atomic E-state index is 12.3. The summed E-state index contributed by atoms with van der Waals surface area (Å²) in [6, 6.07) is 8.22. The van der Waals surface area contributed by atoms with Gasteiger partial charge >= 0.3 is 6.03 Å². The number of nitrogens with zero attached hydrogens (tertiary/aromatic N) is 1. The molecule has 0 radical (unpaired) electrons. The van der Waals surface area contributed by atoms with Crippen molar-refractivity contribution < 1.29 is 18.4 Å². The smallest absolute Gasteiger partial charge is 0.313 e. The van der Waals surface area contributed by atoms with Gasteiger partial charge in [-0.1, -0.05) is 30.3 Å². The van der Waals surface area contributed by atoms with Gasteiger partial charge in [-0.2, -0.15) is 0 Å². The minimum atomic E-state index is -2.58. The van der Waals surface area contributed by atoms with Crippen LogP contribution in [0.1, 0.15) is 5.56 Å². The Morgan fingerprint density at radius 3 is 2.59 bits per heavy atom. The van der Waals surface area contributed by atoms with Gasteiger partial charge in [-0.25, -0.2) is 19.1 Å². The zero-order valence-corrected chi connectivity index (χ0v) is 9.40. The van der Waals surface area contributed by atoms with Crippen LogP contribution in [0, 0.1) is 0 Å². The Balaban J connectivity index is 2.66. The molecule has 0 heterocycles. The summed E-state index contributed by atoms with van der Waals surface area (Å²) in [6.07, 6.45) is -2.58. The van der Waals surface area contributed by atoms with E-state index in [-0.39, 0.29) is 6.54 Å². The van der Waals surface area contributed by atoms with Crippen molar-refractivity contribution in [3.63, 3.8) is 0 Å². The summed E-state index contributed by atoms with van der Waals surface area (Å²) >= 11 is 0. The van der Waals surface area contributed by atoms with E-state index in [1.807, 2.05) is 11.5 Å². The fraction of sp³-hybridized carbons (Fsp3) is 0.364. The van der Waals surface area contributed by atoms with E-state index in [0.29, 0.717) is 0 Å². The van der Waals surface area contributed by atoms with Gasteiger partial charge in [0.2, 0.25) is 0 Å². The van der Waals surface area contributed by atoms with Gasteiger partial charge in [-0.3, -0.25) is 4.84 Å². The first-order chi connectivity index (χ1) is 8.13. The van der Waals surface area contributed by atoms with Crippen LogP contribution in [0.25, 0.3) is 0 Å². The van der Waals surface area contributed by atoms with Crippen molar-refractivity contribution >= 4 is 6.03 Å². The lowest BCUT2D eigenvalue weighted by atomic mass is 10.2. The van der Waals surface area contributed by atoms with E-state index < -0.39 is 19.0 Å². The molecule has 0 spiro atoms. The molecule has 94 valence electrons. The van der Waals surface area contributed by atoms with E-state index in [2.05, 4.69) is 4.84 Å². The number of halogens is 2. The van der Waals surface area contributed by atoms with E-state index in [4.69, 9.17) is 0 Å². The largest absolute Gasteiger partial charge is 0.341 e. The van der Waals surface area contributed by atoms with Crippen molar-refractivity contribution in [3.05, 3.63) is 35.9 Å². The minimum Gasteiger partial charge on any atom is -0.313 e. The molecule has 0 atom stereocenters. The Morgan fingerprint density at radius 1 is 1.41 bits per heavy atom. The van der Waals surface area contributed by atoms with E-state index in [9.17, 15) is 13.6 Å². The number of benzene rings is 1. The number of rotatable bonds is 5. The van der Waals surface area contributed by atoms with E-state index in [1.165, 1.54) is 7.11 Å². The molecule has 0 unspecified atom stereocenters. The summed E-state index contributed by atoms with van der Waals surface area (Å²) in [7, 11) is 1.25. The maximum atomic E-state index is 12.3. The molecule has 1 rings (SSSR count). The number of nitrogens with one attached hydrogen (secondary N) is 1. The first-order valence-corrected chi connectivity index (χ1v) is 5.03. The average molecular weight is 244 g/mol. The Morgan fingerprint density at radius 2 is 2.06 bits per heavy atom. The van der Waals surface area contributed by atoms with Crippen molar-refractivity contribution in [1.29, 1.82) is 0 Å². The van der Waals surface area contributed by atoms with Crippen LogP contribution in [-0.4, -0.2) is 31.0 Å². The molecule has 6 heteroatoms. The molecule has 0 bridgehead atoms. The third-order valence-corrected chi connectivity index (χ3v) is 2.05. The van der Waals surface area contributed by atoms with Crippen molar-refractivity contribution in [2.75, 3.05) is 13.7 Å². The van der Waals surface area contributed by atoms with Gasteiger partial charge in [-0.15, -0.1) is 0 Å². The van der Waals surface area contributed by atoms with Crippen LogP contribution in [0.5, 0.6) is 0 Å². The zero-order chi connectivity index (χ0) is 12.7. The first-order valence-electron chi connectivity index (χ1n) is 5.03. The summed E-state index contributed by atoms with van der Waals surface area (Å²) < 4.78 is 24.7. The quantitative estimate of drug-likeness (QED) is 0.805.